The number of fused-ring (bicyclic) bond motifs is 2. The molecule has 0 aromatic heterocycles. The van der Waals surface area contributed by atoms with E-state index in [-0.39, 0.29) is 39.7 Å². The molecule has 0 atom stereocenters. The molecule has 42 heavy (non-hydrogen) atoms. The van der Waals surface area contributed by atoms with Crippen LogP contribution in [-0.4, -0.2) is 6.88 Å². The summed E-state index contributed by atoms with van der Waals surface area (Å²) in [6.45, 7) is 14.1. The molecule has 0 aliphatic heterocycles. The van der Waals surface area contributed by atoms with E-state index in [0.29, 0.717) is 5.92 Å². The minimum absolute atomic E-state index is 0. The minimum atomic E-state index is 0. The van der Waals surface area contributed by atoms with Crippen LogP contribution in [0.1, 0.15) is 42.0 Å². The van der Waals surface area contributed by atoms with Gasteiger partial charge in [0, 0.05) is 0 Å². The summed E-state index contributed by atoms with van der Waals surface area (Å²) in [5, 5.41) is 5.49. The van der Waals surface area contributed by atoms with Crippen LogP contribution in [0, 0.1) is 35.6 Å². The van der Waals surface area contributed by atoms with E-state index in [1.54, 1.807) is 0 Å². The second kappa shape index (κ2) is 18.4. The van der Waals surface area contributed by atoms with Crippen molar-refractivity contribution in [2.45, 2.75) is 40.5 Å². The van der Waals surface area contributed by atoms with E-state index in [1.165, 1.54) is 89.4 Å². The molecular formula is C38H42Cl2SiZr-4. The first-order valence-electron chi connectivity index (χ1n) is 13.1. The molecule has 2 radical (unpaired) electrons. The van der Waals surface area contributed by atoms with Crippen LogP contribution >= 0.6 is 24.8 Å². The van der Waals surface area contributed by atoms with Gasteiger partial charge in [-0.05, 0) is 24.0 Å². The molecule has 0 N–H and O–H groups in total. The van der Waals surface area contributed by atoms with Gasteiger partial charge in [-0.3, -0.25) is 0 Å². The van der Waals surface area contributed by atoms with Gasteiger partial charge < -0.3 is 14.9 Å². The van der Waals surface area contributed by atoms with E-state index >= 15 is 0 Å². The summed E-state index contributed by atoms with van der Waals surface area (Å²) in [5.41, 5.74) is 10.8. The van der Waals surface area contributed by atoms with Crippen molar-refractivity contribution in [1.82, 2.24) is 0 Å². The van der Waals surface area contributed by atoms with Crippen molar-refractivity contribution in [3.05, 3.63) is 146 Å². The van der Waals surface area contributed by atoms with E-state index < -0.39 is 0 Å². The molecule has 0 aliphatic carbocycles. The Morgan fingerprint density at radius 1 is 0.619 bits per heavy atom. The van der Waals surface area contributed by atoms with Crippen LogP contribution in [0.3, 0.4) is 0 Å². The molecule has 0 saturated heterocycles. The van der Waals surface area contributed by atoms with Gasteiger partial charge in [0.05, 0.1) is 0 Å². The second-order valence-corrected chi connectivity index (χ2v) is 10.2. The zero-order valence-electron chi connectivity index (χ0n) is 25.8. The molecule has 0 heterocycles. The van der Waals surface area contributed by atoms with Crippen LogP contribution in [0.25, 0.3) is 43.8 Å². The summed E-state index contributed by atoms with van der Waals surface area (Å²) in [4.78, 5) is 0. The van der Waals surface area contributed by atoms with Gasteiger partial charge in [0.2, 0.25) is 0 Å². The zero-order valence-corrected chi connectivity index (χ0v) is 30.9. The Bertz CT molecular complexity index is 1650. The topological polar surface area (TPSA) is 0 Å². The number of rotatable bonds is 3. The number of aryl methyl sites for hydroxylation is 3. The normalized spacial score (nSPS) is 9.64. The maximum atomic E-state index is 3.06. The Morgan fingerprint density at radius 3 is 1.76 bits per heavy atom. The van der Waals surface area contributed by atoms with E-state index in [4.69, 9.17) is 0 Å². The molecule has 6 aromatic rings. The van der Waals surface area contributed by atoms with Crippen molar-refractivity contribution >= 4 is 53.2 Å². The van der Waals surface area contributed by atoms with Crippen molar-refractivity contribution < 1.29 is 23.3 Å². The summed E-state index contributed by atoms with van der Waals surface area (Å²) in [5.74, 6) is 0.584. The second-order valence-electron chi connectivity index (χ2n) is 10.2. The van der Waals surface area contributed by atoms with Crippen molar-refractivity contribution in [2.75, 3.05) is 0 Å². The predicted molar refractivity (Wildman–Crippen MR) is 191 cm³/mol. The van der Waals surface area contributed by atoms with Crippen LogP contribution in [0.5, 0.6) is 0 Å². The number of hydrogen-bond donors (Lipinski definition) is 0. The monoisotopic (exact) mass is 686 g/mol. The van der Waals surface area contributed by atoms with Crippen molar-refractivity contribution in [3.8, 4) is 22.3 Å². The quantitative estimate of drug-likeness (QED) is 0.128. The first kappa shape index (κ1) is 39.8. The zero-order chi connectivity index (χ0) is 27.2. The van der Waals surface area contributed by atoms with Crippen LogP contribution in [0.15, 0.2) is 109 Å². The van der Waals surface area contributed by atoms with E-state index in [9.17, 15) is 0 Å². The molecule has 0 bridgehead atoms. The Balaban J connectivity index is 0.000000694. The third-order valence-corrected chi connectivity index (χ3v) is 7.14. The molecule has 0 nitrogen and oxygen atoms in total. The third kappa shape index (κ3) is 8.90. The molecule has 0 fully saturated rings. The molecule has 0 amide bonds. The van der Waals surface area contributed by atoms with E-state index in [1.807, 2.05) is 0 Å². The first-order chi connectivity index (χ1) is 18.4. The molecule has 6 aromatic carbocycles. The van der Waals surface area contributed by atoms with Gasteiger partial charge in [-0.25, -0.2) is 0 Å². The Labute approximate surface area is 283 Å². The summed E-state index contributed by atoms with van der Waals surface area (Å²) in [6.07, 6.45) is 0. The fourth-order valence-electron chi connectivity index (χ4n) is 5.32. The number of hydrogen-bond acceptors (Lipinski definition) is 0. The maximum absolute atomic E-state index is 3.06. The average molecular weight is 689 g/mol. The van der Waals surface area contributed by atoms with Crippen LogP contribution in [0.4, 0.5) is 0 Å². The predicted octanol–water partition coefficient (Wildman–Crippen LogP) is 11.9. The van der Waals surface area contributed by atoms with E-state index in [2.05, 4.69) is 151 Å². The summed E-state index contributed by atoms with van der Waals surface area (Å²) >= 11 is 1.36. The third-order valence-electron chi connectivity index (χ3n) is 7.14. The molecule has 220 valence electrons. The molecule has 0 saturated carbocycles. The summed E-state index contributed by atoms with van der Waals surface area (Å²) in [6, 6.07) is 39.4. The van der Waals surface area contributed by atoms with Crippen molar-refractivity contribution in [2.24, 2.45) is 0 Å². The van der Waals surface area contributed by atoms with Crippen molar-refractivity contribution in [1.29, 1.82) is 0 Å². The number of halogens is 2. The van der Waals surface area contributed by atoms with Gasteiger partial charge in [-0.2, -0.15) is 12.1 Å². The van der Waals surface area contributed by atoms with Crippen LogP contribution < -0.4 is 0 Å². The summed E-state index contributed by atoms with van der Waals surface area (Å²) in [7, 11) is 0. The average Bonchev–Trinajstić information content (AvgIpc) is 3.55. The van der Waals surface area contributed by atoms with Crippen LogP contribution in [0.2, 0.25) is 0 Å². The molecular weight excluding hydrogens is 647 g/mol. The fraction of sp³-hybridized carbons (Fsp3) is 0.158. The Kier molecular flexibility index (Phi) is 17.5. The molecule has 0 unspecified atom stereocenters. The van der Waals surface area contributed by atoms with Gasteiger partial charge in [-0.1, -0.05) is 117 Å². The molecule has 6 rings (SSSR count). The summed E-state index contributed by atoms with van der Waals surface area (Å²) < 4.78 is 0. The number of benzene rings is 4. The Hall–Kier alpha value is -2.22. The Morgan fingerprint density at radius 2 is 1.19 bits per heavy atom. The SMILES string of the molecule is CC(C)c1cc2c(-c3ccccc3)cccc2[cH-]1.Cc1cc2c(-c3ccccc3)c(C)cc(C)c2[cH-]1.Cl.Cl.[CH3-].[CH3-].[Si]=[Zr]. The van der Waals surface area contributed by atoms with E-state index in [0.717, 1.165) is 0 Å². The van der Waals surface area contributed by atoms with Gasteiger partial charge in [-0.15, -0.1) is 87.3 Å². The first-order valence-corrected chi connectivity index (χ1v) is 17.3. The molecule has 0 spiro atoms. The van der Waals surface area contributed by atoms with Gasteiger partial charge in [0.25, 0.3) is 0 Å². The fourth-order valence-corrected chi connectivity index (χ4v) is 5.32. The van der Waals surface area contributed by atoms with Gasteiger partial charge in [0.15, 0.2) is 0 Å². The van der Waals surface area contributed by atoms with Crippen LogP contribution in [-0.2, 0) is 23.3 Å². The molecule has 4 heteroatoms. The van der Waals surface area contributed by atoms with Crippen molar-refractivity contribution in [3.63, 3.8) is 0 Å². The molecule has 0 aliphatic rings. The standard InChI is InChI=1S/2C18H17.2CH3.2ClH.Si.Zr/c1-12-9-16-13(2)11-14(3)18(17(16)10-12)15-7-5-4-6-8-15;1-13(2)16-11-15-9-6-10-17(18(15)12-16)14-7-4-3-5-8-14;;;;;;/h4-11H,1-3H3;3-13H,1-2H3;2*1H3;2*1H;;/q4*-1;;;;. The van der Waals surface area contributed by atoms with Gasteiger partial charge >= 0.3 is 30.2 Å². The van der Waals surface area contributed by atoms with Gasteiger partial charge in [0.1, 0.15) is 0 Å².